The second-order valence-corrected chi connectivity index (χ2v) is 16.3. The molecule has 64 heavy (non-hydrogen) atoms. The van der Waals surface area contributed by atoms with Crippen molar-refractivity contribution < 1.29 is 33.9 Å². The first-order valence-electron chi connectivity index (χ1n) is 21.8. The zero-order chi connectivity index (χ0) is 45.6. The molecule has 15 heteroatoms. The molecule has 6 rings (SSSR count). The Bertz CT molecular complexity index is 2360. The molecule has 4 aromatic carbocycles. The van der Waals surface area contributed by atoms with E-state index >= 15 is 0 Å². The van der Waals surface area contributed by atoms with E-state index in [1.165, 1.54) is 11.8 Å². The third-order valence-corrected chi connectivity index (χ3v) is 11.6. The monoisotopic (exact) mass is 870 g/mol. The fourth-order valence-corrected chi connectivity index (χ4v) is 7.98. The molecule has 1 aromatic heterocycles. The van der Waals surface area contributed by atoms with E-state index in [0.717, 1.165) is 16.5 Å². The van der Waals surface area contributed by atoms with Crippen LogP contribution >= 0.6 is 0 Å². The molecule has 336 valence electrons. The zero-order valence-corrected chi connectivity index (χ0v) is 36.2. The highest BCUT2D eigenvalue weighted by Gasteiger charge is 2.37. The molecular weight excluding hydrogens is 813 g/mol. The fraction of sp³-hybridized carbons (Fsp3) is 0.347. The van der Waals surface area contributed by atoms with Gasteiger partial charge in [0.25, 0.3) is 0 Å². The Morgan fingerprint density at radius 3 is 1.77 bits per heavy atom. The van der Waals surface area contributed by atoms with E-state index in [1.807, 2.05) is 91.0 Å². The van der Waals surface area contributed by atoms with E-state index in [0.29, 0.717) is 36.1 Å². The van der Waals surface area contributed by atoms with Crippen LogP contribution in [0.3, 0.4) is 0 Å². The Morgan fingerprint density at radius 2 is 1.14 bits per heavy atom. The van der Waals surface area contributed by atoms with Crippen molar-refractivity contribution in [3.63, 3.8) is 0 Å². The molecule has 1 saturated heterocycles. The lowest BCUT2D eigenvalue weighted by Gasteiger charge is -2.34. The van der Waals surface area contributed by atoms with Crippen molar-refractivity contribution in [3.8, 4) is 0 Å². The third kappa shape index (κ3) is 12.4. The molecule has 5 aromatic rings. The molecule has 0 aliphatic carbocycles. The number of fused-ring (bicyclic) bond motifs is 1. The Balaban J connectivity index is 1.44. The standard InChI is InChI=1S/C49H58N8O7/c1-31(35-20-10-5-11-21-35)57-30-43(59)52-40(26-33-16-6-3-7-17-33)46(61)54-41(28-36-29-51-38-23-13-12-22-37(36)38)47(62)53-39(24-14-15-25-50)45(60)56-44(32(2)58)48(63)55-42(49(57)64)27-34-18-8-4-9-19-34/h3-13,16-23,29,31-32,39-42,44,51,58H,14-15,24-28,30,50H2,1-2H3,(H,52,59)(H,53,62)(H,54,61)(H,55,63)(H,56,60)/t31-,32-,39+,40+,41-,42+,44+/m1/s1. The number of rotatable bonds is 13. The van der Waals surface area contributed by atoms with Gasteiger partial charge in [0.05, 0.1) is 12.1 Å². The lowest BCUT2D eigenvalue weighted by Crippen LogP contribution is -2.62. The molecule has 1 aliphatic rings. The largest absolute Gasteiger partial charge is 0.391 e. The lowest BCUT2D eigenvalue weighted by molar-refractivity contribution is -0.143. The number of para-hydroxylation sites is 1. The van der Waals surface area contributed by atoms with Crippen molar-refractivity contribution in [2.45, 2.75) is 94.7 Å². The number of unbranched alkanes of at least 4 members (excludes halogenated alkanes) is 1. The van der Waals surface area contributed by atoms with Gasteiger partial charge in [0.1, 0.15) is 36.8 Å². The van der Waals surface area contributed by atoms with Crippen LogP contribution in [0, 0.1) is 0 Å². The van der Waals surface area contributed by atoms with E-state index in [1.54, 1.807) is 37.4 Å². The quantitative estimate of drug-likeness (QED) is 0.0820. The number of benzene rings is 4. The van der Waals surface area contributed by atoms with Gasteiger partial charge in [0.15, 0.2) is 0 Å². The summed E-state index contributed by atoms with van der Waals surface area (Å²) in [4.78, 5) is 91.6. The topological polar surface area (TPSA) is 228 Å². The third-order valence-electron chi connectivity index (χ3n) is 11.6. The van der Waals surface area contributed by atoms with E-state index in [4.69, 9.17) is 5.73 Å². The summed E-state index contributed by atoms with van der Waals surface area (Å²) in [5.74, 6) is -4.24. The number of nitrogens with two attached hydrogens (primary N) is 1. The van der Waals surface area contributed by atoms with Crippen molar-refractivity contribution in [2.24, 2.45) is 5.73 Å². The summed E-state index contributed by atoms with van der Waals surface area (Å²) in [5.41, 5.74) is 9.46. The maximum Gasteiger partial charge on any atom is 0.246 e. The van der Waals surface area contributed by atoms with Gasteiger partial charge in [-0.15, -0.1) is 0 Å². The van der Waals surface area contributed by atoms with E-state index in [9.17, 15) is 33.9 Å². The lowest BCUT2D eigenvalue weighted by atomic mass is 10.00. The number of carbonyl (C=O) groups is 6. The first-order chi connectivity index (χ1) is 30.9. The van der Waals surface area contributed by atoms with Gasteiger partial charge >= 0.3 is 0 Å². The number of aliphatic hydroxyl groups excluding tert-OH is 1. The summed E-state index contributed by atoms with van der Waals surface area (Å²) in [6.07, 6.45) is 1.42. The summed E-state index contributed by atoms with van der Waals surface area (Å²) >= 11 is 0. The SMILES string of the molecule is C[C@H](c1ccccc1)N1CC(=O)N[C@@H](Cc2ccccc2)C(=O)N[C@H](Cc2c[nH]c3ccccc23)C(=O)N[C@@H](CCCCN)C(=O)N[C@@H]([C@@H](C)O)C(=O)N[C@@H](Cc2ccccc2)C1=O. The second kappa shape index (κ2) is 22.5. The molecule has 0 spiro atoms. The molecule has 0 unspecified atom stereocenters. The number of aromatic nitrogens is 1. The fourth-order valence-electron chi connectivity index (χ4n) is 7.98. The van der Waals surface area contributed by atoms with Crippen LogP contribution in [0.1, 0.15) is 61.4 Å². The van der Waals surface area contributed by atoms with Gasteiger partial charge in [-0.05, 0) is 68.0 Å². The Labute approximate surface area is 372 Å². The number of carbonyl (C=O) groups excluding carboxylic acids is 6. The molecule has 0 radical (unpaired) electrons. The first kappa shape index (κ1) is 46.7. The second-order valence-electron chi connectivity index (χ2n) is 16.3. The van der Waals surface area contributed by atoms with Crippen LogP contribution in [0.25, 0.3) is 10.9 Å². The van der Waals surface area contributed by atoms with Crippen LogP contribution in [-0.2, 0) is 48.0 Å². The molecular formula is C49H58N8O7. The van der Waals surface area contributed by atoms with E-state index in [-0.39, 0.29) is 25.7 Å². The van der Waals surface area contributed by atoms with Crippen molar-refractivity contribution in [1.82, 2.24) is 36.5 Å². The molecule has 9 N–H and O–H groups in total. The number of hydrogen-bond donors (Lipinski definition) is 8. The van der Waals surface area contributed by atoms with Crippen LogP contribution in [0.2, 0.25) is 0 Å². The highest BCUT2D eigenvalue weighted by molar-refractivity contribution is 5.98. The van der Waals surface area contributed by atoms with Crippen molar-refractivity contribution >= 4 is 46.3 Å². The average Bonchev–Trinajstić information content (AvgIpc) is 3.71. The van der Waals surface area contributed by atoms with Crippen molar-refractivity contribution in [3.05, 3.63) is 144 Å². The van der Waals surface area contributed by atoms with Gasteiger partial charge < -0.3 is 47.3 Å². The summed E-state index contributed by atoms with van der Waals surface area (Å²) in [7, 11) is 0. The summed E-state index contributed by atoms with van der Waals surface area (Å²) in [5, 5.41) is 25.8. The maximum absolute atomic E-state index is 15.0. The number of H-pyrrole nitrogens is 1. The van der Waals surface area contributed by atoms with Crippen LogP contribution in [0.5, 0.6) is 0 Å². The van der Waals surface area contributed by atoms with Crippen LogP contribution < -0.4 is 32.3 Å². The highest BCUT2D eigenvalue weighted by atomic mass is 16.3. The minimum Gasteiger partial charge on any atom is -0.391 e. The van der Waals surface area contributed by atoms with Gasteiger partial charge in [-0.3, -0.25) is 28.8 Å². The van der Waals surface area contributed by atoms with E-state index in [2.05, 4.69) is 31.6 Å². The molecule has 1 aliphatic heterocycles. The van der Waals surface area contributed by atoms with Crippen LogP contribution in [0.15, 0.2) is 121 Å². The molecule has 15 nitrogen and oxygen atoms in total. The predicted octanol–water partition coefficient (Wildman–Crippen LogP) is 2.73. The predicted molar refractivity (Wildman–Crippen MR) is 243 cm³/mol. The van der Waals surface area contributed by atoms with E-state index < -0.39 is 84.3 Å². The smallest absolute Gasteiger partial charge is 0.246 e. The average molecular weight is 871 g/mol. The maximum atomic E-state index is 15.0. The molecule has 0 bridgehead atoms. The van der Waals surface area contributed by atoms with Crippen molar-refractivity contribution in [2.75, 3.05) is 13.1 Å². The number of amides is 6. The van der Waals surface area contributed by atoms with Gasteiger partial charge in [0.2, 0.25) is 35.4 Å². The zero-order valence-electron chi connectivity index (χ0n) is 36.2. The number of nitrogens with one attached hydrogen (secondary N) is 6. The normalized spacial score (nSPS) is 21.7. The summed E-state index contributed by atoms with van der Waals surface area (Å²) in [6.45, 7) is 2.90. The molecule has 6 amide bonds. The molecule has 7 atom stereocenters. The van der Waals surface area contributed by atoms with Crippen LogP contribution in [0.4, 0.5) is 0 Å². The first-order valence-corrected chi connectivity index (χ1v) is 21.8. The van der Waals surface area contributed by atoms with Gasteiger partial charge in [-0.2, -0.15) is 0 Å². The minimum absolute atomic E-state index is 0.000144. The number of nitrogens with zero attached hydrogens (tertiary/aromatic N) is 1. The Hall–Kier alpha value is -6.84. The van der Waals surface area contributed by atoms with Crippen molar-refractivity contribution in [1.29, 1.82) is 0 Å². The van der Waals surface area contributed by atoms with Gasteiger partial charge in [-0.25, -0.2) is 0 Å². The Kier molecular flexibility index (Phi) is 16.4. The number of hydrogen-bond acceptors (Lipinski definition) is 8. The number of aromatic amines is 1. The minimum atomic E-state index is -1.56. The highest BCUT2D eigenvalue weighted by Crippen LogP contribution is 2.23. The number of aliphatic hydroxyl groups is 1. The van der Waals surface area contributed by atoms with Gasteiger partial charge in [0, 0.05) is 36.4 Å². The molecule has 2 heterocycles. The summed E-state index contributed by atoms with van der Waals surface area (Å²) in [6, 6.07) is 27.4. The summed E-state index contributed by atoms with van der Waals surface area (Å²) < 4.78 is 0. The molecule has 0 saturated carbocycles. The molecule has 1 fully saturated rings. The van der Waals surface area contributed by atoms with Crippen LogP contribution in [-0.4, -0.2) is 99.8 Å². The Morgan fingerprint density at radius 1 is 0.609 bits per heavy atom. The van der Waals surface area contributed by atoms with Gasteiger partial charge in [-0.1, -0.05) is 109 Å².